The number of anilines is 3. The average Bonchev–Trinajstić information content (AvgIpc) is 2.33. The van der Waals surface area contributed by atoms with E-state index in [4.69, 9.17) is 17.3 Å². The van der Waals surface area contributed by atoms with Gasteiger partial charge in [-0.05, 0) is 24.3 Å². The van der Waals surface area contributed by atoms with Crippen molar-refractivity contribution in [1.82, 2.24) is 0 Å². The van der Waals surface area contributed by atoms with Gasteiger partial charge in [-0.25, -0.2) is 8.78 Å². The molecule has 2 aromatic carbocycles. The van der Waals surface area contributed by atoms with E-state index < -0.39 is 23.4 Å². The molecule has 2 rings (SSSR count). The molecule has 0 aliphatic heterocycles. The highest BCUT2D eigenvalue weighted by Gasteiger charge is 2.30. The topological polar surface area (TPSA) is 38.0 Å². The van der Waals surface area contributed by atoms with Crippen LogP contribution in [0.15, 0.2) is 30.3 Å². The van der Waals surface area contributed by atoms with Crippen LogP contribution < -0.4 is 11.1 Å². The smallest absolute Gasteiger partial charge is 0.397 e. The normalized spacial score (nSPS) is 11.5. The molecule has 0 aliphatic carbocycles. The molecule has 0 aromatic heterocycles. The summed E-state index contributed by atoms with van der Waals surface area (Å²) in [6.45, 7) is 0. The lowest BCUT2D eigenvalue weighted by Crippen LogP contribution is -2.07. The summed E-state index contributed by atoms with van der Waals surface area (Å²) in [5.41, 5.74) is 4.06. The lowest BCUT2D eigenvalue weighted by molar-refractivity contribution is -0.137. The molecule has 0 unspecified atom stereocenters. The van der Waals surface area contributed by atoms with Crippen molar-refractivity contribution in [1.29, 1.82) is 0 Å². The Balaban J connectivity index is 2.37. The molecule has 0 saturated carbocycles. The molecule has 0 saturated heterocycles. The number of nitrogens with one attached hydrogen (secondary N) is 1. The van der Waals surface area contributed by atoms with Gasteiger partial charge in [0.1, 0.15) is 5.82 Å². The maximum Gasteiger partial charge on any atom is 0.416 e. The molecule has 0 spiro atoms. The molecule has 112 valence electrons. The van der Waals surface area contributed by atoms with Gasteiger partial charge in [-0.15, -0.1) is 0 Å². The number of hydrogen-bond donors (Lipinski definition) is 2. The molecular formula is C13H8ClF5N2. The molecule has 0 bridgehead atoms. The van der Waals surface area contributed by atoms with Crippen molar-refractivity contribution >= 4 is 28.7 Å². The van der Waals surface area contributed by atoms with Crippen LogP contribution in [0, 0.1) is 11.6 Å². The van der Waals surface area contributed by atoms with Gasteiger partial charge in [0.15, 0.2) is 5.82 Å². The quantitative estimate of drug-likeness (QED) is 0.605. The van der Waals surface area contributed by atoms with E-state index in [-0.39, 0.29) is 22.1 Å². The fourth-order valence-electron chi connectivity index (χ4n) is 1.65. The van der Waals surface area contributed by atoms with Crippen molar-refractivity contribution in [2.45, 2.75) is 6.18 Å². The van der Waals surface area contributed by atoms with Crippen LogP contribution >= 0.6 is 11.6 Å². The molecule has 3 N–H and O–H groups in total. The predicted molar refractivity (Wildman–Crippen MR) is 70.5 cm³/mol. The van der Waals surface area contributed by atoms with Crippen molar-refractivity contribution < 1.29 is 22.0 Å². The van der Waals surface area contributed by atoms with Gasteiger partial charge in [-0.2, -0.15) is 13.2 Å². The van der Waals surface area contributed by atoms with Gasteiger partial charge in [-0.1, -0.05) is 11.6 Å². The highest BCUT2D eigenvalue weighted by molar-refractivity contribution is 6.33. The van der Waals surface area contributed by atoms with Crippen LogP contribution in [-0.4, -0.2) is 0 Å². The van der Waals surface area contributed by atoms with Gasteiger partial charge in [0, 0.05) is 6.07 Å². The zero-order valence-electron chi connectivity index (χ0n) is 10.2. The fourth-order valence-corrected chi connectivity index (χ4v) is 1.89. The molecule has 0 aliphatic rings. The Morgan fingerprint density at radius 1 is 1.05 bits per heavy atom. The van der Waals surface area contributed by atoms with E-state index >= 15 is 0 Å². The number of hydrogen-bond acceptors (Lipinski definition) is 2. The fraction of sp³-hybridized carbons (Fsp3) is 0.0769. The molecule has 2 nitrogen and oxygen atoms in total. The number of nitrogen functional groups attached to an aromatic ring is 1. The predicted octanol–water partition coefficient (Wildman–Crippen LogP) is 4.96. The summed E-state index contributed by atoms with van der Waals surface area (Å²) in [5, 5.41) is 2.19. The molecule has 0 radical (unpaired) electrons. The molecule has 0 amide bonds. The Hall–Kier alpha value is -2.02. The Morgan fingerprint density at radius 3 is 2.24 bits per heavy atom. The zero-order valence-corrected chi connectivity index (χ0v) is 11.0. The maximum absolute atomic E-state index is 13.6. The van der Waals surface area contributed by atoms with Crippen LogP contribution in [0.1, 0.15) is 5.56 Å². The third kappa shape index (κ3) is 3.36. The van der Waals surface area contributed by atoms with Crippen molar-refractivity contribution in [3.63, 3.8) is 0 Å². The minimum atomic E-state index is -4.54. The number of rotatable bonds is 2. The molecule has 2 aromatic rings. The van der Waals surface area contributed by atoms with E-state index in [9.17, 15) is 22.0 Å². The molecule has 0 fully saturated rings. The van der Waals surface area contributed by atoms with E-state index in [1.165, 1.54) is 0 Å². The Morgan fingerprint density at radius 2 is 1.71 bits per heavy atom. The Bertz CT molecular complexity index is 662. The van der Waals surface area contributed by atoms with Gasteiger partial charge in [0.25, 0.3) is 0 Å². The average molecular weight is 323 g/mol. The minimum absolute atomic E-state index is 0.0235. The lowest BCUT2D eigenvalue weighted by Gasteiger charge is -2.14. The first-order valence-corrected chi connectivity index (χ1v) is 5.94. The number of nitrogens with two attached hydrogens (primary N) is 1. The van der Waals surface area contributed by atoms with Gasteiger partial charge in [0.05, 0.1) is 27.6 Å². The lowest BCUT2D eigenvalue weighted by atomic mass is 10.1. The summed E-state index contributed by atoms with van der Waals surface area (Å²) < 4.78 is 64.0. The molecule has 0 atom stereocenters. The van der Waals surface area contributed by atoms with Crippen LogP contribution in [0.5, 0.6) is 0 Å². The number of benzene rings is 2. The van der Waals surface area contributed by atoms with E-state index in [1.54, 1.807) is 0 Å². The highest BCUT2D eigenvalue weighted by Crippen LogP contribution is 2.35. The standard InChI is InChI=1S/C13H8ClF5N2/c14-8-4-7(15)5-9(16)12(8)21-11-2-1-6(3-10(11)20)13(17,18)19/h1-5,21H,20H2. The Kier molecular flexibility index (Phi) is 3.95. The second-order valence-corrected chi connectivity index (χ2v) is 4.58. The SMILES string of the molecule is Nc1cc(C(F)(F)F)ccc1Nc1c(F)cc(F)cc1Cl. The summed E-state index contributed by atoms with van der Waals surface area (Å²) in [4.78, 5) is 0. The summed E-state index contributed by atoms with van der Waals surface area (Å²) in [6, 6.07) is 3.99. The monoisotopic (exact) mass is 322 g/mol. The van der Waals surface area contributed by atoms with E-state index in [0.29, 0.717) is 12.1 Å². The number of halogens is 6. The van der Waals surface area contributed by atoms with Crippen LogP contribution in [0.25, 0.3) is 0 Å². The van der Waals surface area contributed by atoms with Gasteiger partial charge >= 0.3 is 6.18 Å². The summed E-state index contributed by atoms with van der Waals surface area (Å²) in [7, 11) is 0. The number of alkyl halides is 3. The van der Waals surface area contributed by atoms with Crippen molar-refractivity contribution in [3.8, 4) is 0 Å². The maximum atomic E-state index is 13.6. The highest BCUT2D eigenvalue weighted by atomic mass is 35.5. The van der Waals surface area contributed by atoms with E-state index in [2.05, 4.69) is 5.32 Å². The summed E-state index contributed by atoms with van der Waals surface area (Å²) in [5.74, 6) is -1.86. The first-order valence-electron chi connectivity index (χ1n) is 5.57. The summed E-state index contributed by atoms with van der Waals surface area (Å²) >= 11 is 5.68. The van der Waals surface area contributed by atoms with Crippen molar-refractivity contribution in [2.75, 3.05) is 11.1 Å². The summed E-state index contributed by atoms with van der Waals surface area (Å²) in [6.07, 6.45) is -4.54. The second kappa shape index (κ2) is 5.40. The third-order valence-corrected chi connectivity index (χ3v) is 2.94. The van der Waals surface area contributed by atoms with E-state index in [1.807, 2.05) is 0 Å². The first-order chi connectivity index (χ1) is 9.68. The first kappa shape index (κ1) is 15.4. The zero-order chi connectivity index (χ0) is 15.8. The van der Waals surface area contributed by atoms with Crippen molar-refractivity contribution in [3.05, 3.63) is 52.6 Å². The molecule has 8 heteroatoms. The molecule has 0 heterocycles. The third-order valence-electron chi connectivity index (χ3n) is 2.65. The van der Waals surface area contributed by atoms with Gasteiger partial charge in [0.2, 0.25) is 0 Å². The molecule has 21 heavy (non-hydrogen) atoms. The minimum Gasteiger partial charge on any atom is -0.397 e. The second-order valence-electron chi connectivity index (χ2n) is 4.17. The van der Waals surface area contributed by atoms with Gasteiger partial charge in [-0.3, -0.25) is 0 Å². The van der Waals surface area contributed by atoms with Gasteiger partial charge < -0.3 is 11.1 Å². The van der Waals surface area contributed by atoms with Crippen LogP contribution in [0.3, 0.4) is 0 Å². The largest absolute Gasteiger partial charge is 0.416 e. The van der Waals surface area contributed by atoms with Crippen LogP contribution in [0.2, 0.25) is 5.02 Å². The Labute approximate surface area is 121 Å². The van der Waals surface area contributed by atoms with Crippen LogP contribution in [-0.2, 0) is 6.18 Å². The van der Waals surface area contributed by atoms with Crippen molar-refractivity contribution in [2.24, 2.45) is 0 Å². The van der Waals surface area contributed by atoms with E-state index in [0.717, 1.165) is 18.2 Å². The molecular weight excluding hydrogens is 315 g/mol. The van der Waals surface area contributed by atoms with Crippen LogP contribution in [0.4, 0.5) is 39.0 Å².